The number of nitrogen functional groups attached to an aromatic ring is 1. The van der Waals surface area contributed by atoms with Crippen molar-refractivity contribution >= 4 is 5.69 Å². The highest BCUT2D eigenvalue weighted by atomic mass is 16.5. The van der Waals surface area contributed by atoms with Gasteiger partial charge in [0, 0.05) is 42.2 Å². The van der Waals surface area contributed by atoms with Gasteiger partial charge >= 0.3 is 0 Å². The fraction of sp³-hybridized carbons (Fsp3) is 0.615. The number of nitrogens with zero attached hydrogens (tertiary/aromatic N) is 1. The Morgan fingerprint density at radius 2 is 2.53 bits per heavy atom. The average Bonchev–Trinajstić information content (AvgIpc) is 2.38. The van der Waals surface area contributed by atoms with Crippen LogP contribution in [0.1, 0.15) is 31.4 Å². The van der Waals surface area contributed by atoms with Crippen molar-refractivity contribution in [3.05, 3.63) is 24.0 Å². The summed E-state index contributed by atoms with van der Waals surface area (Å²) in [6, 6.07) is 2.12. The van der Waals surface area contributed by atoms with Crippen molar-refractivity contribution in [1.29, 1.82) is 0 Å². The van der Waals surface area contributed by atoms with Crippen molar-refractivity contribution in [1.82, 2.24) is 10.3 Å². The Kier molecular flexibility index (Phi) is 4.34. The van der Waals surface area contributed by atoms with Crippen molar-refractivity contribution in [2.75, 3.05) is 25.5 Å². The average molecular weight is 235 g/mol. The van der Waals surface area contributed by atoms with Crippen LogP contribution in [0.5, 0.6) is 0 Å². The zero-order valence-electron chi connectivity index (χ0n) is 10.4. The molecular formula is C13H21N3O. The first kappa shape index (κ1) is 12.3. The van der Waals surface area contributed by atoms with E-state index >= 15 is 0 Å². The van der Waals surface area contributed by atoms with Crippen LogP contribution in [0.2, 0.25) is 0 Å². The molecule has 2 unspecified atom stereocenters. The quantitative estimate of drug-likeness (QED) is 0.834. The molecule has 0 spiro atoms. The molecule has 0 aliphatic carbocycles. The fourth-order valence-electron chi connectivity index (χ4n) is 2.46. The molecule has 17 heavy (non-hydrogen) atoms. The summed E-state index contributed by atoms with van der Waals surface area (Å²) in [6.07, 6.45) is 5.93. The molecule has 4 heteroatoms. The lowest BCUT2D eigenvalue weighted by molar-refractivity contribution is 0.0393. The van der Waals surface area contributed by atoms with E-state index in [9.17, 15) is 0 Å². The second-order valence-corrected chi connectivity index (χ2v) is 4.52. The number of aromatic nitrogens is 1. The predicted octanol–water partition coefficient (Wildman–Crippen LogP) is 1.74. The SMILES string of the molecule is CCNC(c1cnccc1N)C1CCCOC1. The van der Waals surface area contributed by atoms with Gasteiger partial charge in [-0.2, -0.15) is 0 Å². The summed E-state index contributed by atoms with van der Waals surface area (Å²) in [7, 11) is 0. The molecule has 0 amide bonds. The topological polar surface area (TPSA) is 60.2 Å². The molecule has 3 N–H and O–H groups in total. The smallest absolute Gasteiger partial charge is 0.0512 e. The van der Waals surface area contributed by atoms with Crippen LogP contribution < -0.4 is 11.1 Å². The third-order valence-electron chi connectivity index (χ3n) is 3.31. The van der Waals surface area contributed by atoms with Crippen molar-refractivity contribution in [2.24, 2.45) is 5.92 Å². The molecule has 1 saturated heterocycles. The molecule has 1 aromatic rings. The molecule has 1 aliphatic heterocycles. The Balaban J connectivity index is 2.18. The van der Waals surface area contributed by atoms with Crippen LogP contribution in [0, 0.1) is 5.92 Å². The number of ether oxygens (including phenoxy) is 1. The highest BCUT2D eigenvalue weighted by Crippen LogP contribution is 2.31. The molecule has 1 fully saturated rings. The van der Waals surface area contributed by atoms with Gasteiger partial charge in [0.2, 0.25) is 0 Å². The molecule has 2 heterocycles. The summed E-state index contributed by atoms with van der Waals surface area (Å²) in [6.45, 7) is 4.74. The predicted molar refractivity (Wildman–Crippen MR) is 68.6 cm³/mol. The Hall–Kier alpha value is -1.13. The maximum atomic E-state index is 6.04. The molecule has 2 rings (SSSR count). The van der Waals surface area contributed by atoms with E-state index in [-0.39, 0.29) is 6.04 Å². The third kappa shape index (κ3) is 2.96. The third-order valence-corrected chi connectivity index (χ3v) is 3.31. The van der Waals surface area contributed by atoms with Gasteiger partial charge in [0.05, 0.1) is 6.61 Å². The summed E-state index contributed by atoms with van der Waals surface area (Å²) < 4.78 is 5.57. The lowest BCUT2D eigenvalue weighted by Gasteiger charge is -2.31. The van der Waals surface area contributed by atoms with Gasteiger partial charge in [-0.25, -0.2) is 0 Å². The molecule has 2 atom stereocenters. The first-order valence-corrected chi connectivity index (χ1v) is 6.33. The van der Waals surface area contributed by atoms with Crippen LogP contribution in [0.4, 0.5) is 5.69 Å². The molecule has 0 bridgehead atoms. The van der Waals surface area contributed by atoms with Gasteiger partial charge in [0.25, 0.3) is 0 Å². The minimum absolute atomic E-state index is 0.258. The minimum Gasteiger partial charge on any atom is -0.398 e. The van der Waals surface area contributed by atoms with E-state index in [1.807, 2.05) is 12.3 Å². The van der Waals surface area contributed by atoms with E-state index in [1.165, 1.54) is 6.42 Å². The van der Waals surface area contributed by atoms with E-state index in [0.29, 0.717) is 5.92 Å². The van der Waals surface area contributed by atoms with Gasteiger partial charge in [0.15, 0.2) is 0 Å². The molecular weight excluding hydrogens is 214 g/mol. The number of hydrogen-bond acceptors (Lipinski definition) is 4. The Morgan fingerprint density at radius 3 is 3.18 bits per heavy atom. The maximum Gasteiger partial charge on any atom is 0.0512 e. The number of nitrogens with two attached hydrogens (primary N) is 1. The number of rotatable bonds is 4. The van der Waals surface area contributed by atoms with Gasteiger partial charge in [-0.15, -0.1) is 0 Å². The van der Waals surface area contributed by atoms with Crippen molar-refractivity contribution in [3.8, 4) is 0 Å². The van der Waals surface area contributed by atoms with E-state index < -0.39 is 0 Å². The summed E-state index contributed by atoms with van der Waals surface area (Å²) in [5.41, 5.74) is 7.96. The second kappa shape index (κ2) is 5.98. The Bertz CT molecular complexity index is 350. The fourth-order valence-corrected chi connectivity index (χ4v) is 2.46. The second-order valence-electron chi connectivity index (χ2n) is 4.52. The van der Waals surface area contributed by atoms with Crippen molar-refractivity contribution in [2.45, 2.75) is 25.8 Å². The Labute approximate surface area is 103 Å². The van der Waals surface area contributed by atoms with Gasteiger partial charge in [-0.1, -0.05) is 6.92 Å². The number of pyridine rings is 1. The molecule has 1 aliphatic rings. The number of hydrogen-bond donors (Lipinski definition) is 2. The van der Waals surface area contributed by atoms with Gasteiger partial charge < -0.3 is 15.8 Å². The standard InChI is InChI=1S/C13H21N3O/c1-2-16-13(10-4-3-7-17-9-10)11-8-15-6-5-12(11)14/h5-6,8,10,13,16H,2-4,7,9H2,1H3,(H2,14,15). The highest BCUT2D eigenvalue weighted by Gasteiger charge is 2.26. The normalized spacial score (nSPS) is 22.3. The molecule has 1 aromatic heterocycles. The summed E-state index contributed by atoms with van der Waals surface area (Å²) in [4.78, 5) is 4.18. The Morgan fingerprint density at radius 1 is 1.65 bits per heavy atom. The molecule has 4 nitrogen and oxygen atoms in total. The van der Waals surface area contributed by atoms with Gasteiger partial charge in [0.1, 0.15) is 0 Å². The molecule has 0 aromatic carbocycles. The summed E-state index contributed by atoms with van der Waals surface area (Å²) in [5.74, 6) is 0.496. The number of nitrogens with one attached hydrogen (secondary N) is 1. The van der Waals surface area contributed by atoms with Crippen molar-refractivity contribution in [3.63, 3.8) is 0 Å². The van der Waals surface area contributed by atoms with Crippen LogP contribution in [-0.2, 0) is 4.74 Å². The minimum atomic E-state index is 0.258. The van der Waals surface area contributed by atoms with E-state index in [4.69, 9.17) is 10.5 Å². The first-order chi connectivity index (χ1) is 8.33. The highest BCUT2D eigenvalue weighted by molar-refractivity contribution is 5.46. The van der Waals surface area contributed by atoms with Crippen LogP contribution in [0.25, 0.3) is 0 Å². The van der Waals surface area contributed by atoms with Crippen LogP contribution in [0.15, 0.2) is 18.5 Å². The largest absolute Gasteiger partial charge is 0.398 e. The molecule has 0 saturated carbocycles. The van der Waals surface area contributed by atoms with Gasteiger partial charge in [-0.05, 0) is 25.5 Å². The lowest BCUT2D eigenvalue weighted by Crippen LogP contribution is -2.33. The van der Waals surface area contributed by atoms with Crippen molar-refractivity contribution < 1.29 is 4.74 Å². The monoisotopic (exact) mass is 235 g/mol. The van der Waals surface area contributed by atoms with Gasteiger partial charge in [-0.3, -0.25) is 4.98 Å². The molecule has 94 valence electrons. The summed E-state index contributed by atoms with van der Waals surface area (Å²) >= 11 is 0. The lowest BCUT2D eigenvalue weighted by atomic mass is 9.88. The maximum absolute atomic E-state index is 6.04. The zero-order valence-corrected chi connectivity index (χ0v) is 10.4. The number of anilines is 1. The zero-order chi connectivity index (χ0) is 12.1. The van der Waals surface area contributed by atoms with Crippen LogP contribution in [-0.4, -0.2) is 24.7 Å². The first-order valence-electron chi connectivity index (χ1n) is 6.33. The van der Waals surface area contributed by atoms with E-state index in [1.54, 1.807) is 6.20 Å². The summed E-state index contributed by atoms with van der Waals surface area (Å²) in [5, 5.41) is 3.51. The van der Waals surface area contributed by atoms with Crippen LogP contribution in [0.3, 0.4) is 0 Å². The van der Waals surface area contributed by atoms with E-state index in [0.717, 1.165) is 37.4 Å². The molecule has 0 radical (unpaired) electrons. The van der Waals surface area contributed by atoms with Crippen LogP contribution >= 0.6 is 0 Å². The van der Waals surface area contributed by atoms with E-state index in [2.05, 4.69) is 17.2 Å².